The topological polar surface area (TPSA) is 74.8 Å². The first kappa shape index (κ1) is 20.8. The van der Waals surface area contributed by atoms with Crippen molar-refractivity contribution in [3.05, 3.63) is 52.3 Å². The minimum absolute atomic E-state index is 0.0854. The number of aryl methyl sites for hydroxylation is 3. The Hall–Kier alpha value is -2.45. The van der Waals surface area contributed by atoms with Crippen LogP contribution in [0.2, 0.25) is 0 Å². The van der Waals surface area contributed by atoms with Gasteiger partial charge in [-0.05, 0) is 74.2 Å². The summed E-state index contributed by atoms with van der Waals surface area (Å²) in [4.78, 5) is 13.0. The van der Waals surface area contributed by atoms with Gasteiger partial charge in [0.15, 0.2) is 5.78 Å². The highest BCUT2D eigenvalue weighted by Gasteiger charge is 2.22. The average molecular weight is 426 g/mol. The zero-order valence-corrected chi connectivity index (χ0v) is 18.7. The number of ether oxygens (including phenoxy) is 1. The number of benzene rings is 1. The molecule has 1 aliphatic heterocycles. The van der Waals surface area contributed by atoms with Crippen LogP contribution in [0.4, 0.5) is 0 Å². The van der Waals surface area contributed by atoms with Crippen LogP contribution < -0.4 is 0 Å². The average Bonchev–Trinajstić information content (AvgIpc) is 3.46. The summed E-state index contributed by atoms with van der Waals surface area (Å²) in [5.41, 5.74) is 6.02. The van der Waals surface area contributed by atoms with Gasteiger partial charge < -0.3 is 9.30 Å². The molecule has 1 fully saturated rings. The van der Waals surface area contributed by atoms with Crippen LogP contribution in [0.3, 0.4) is 0 Å². The molecule has 3 aromatic rings. The molecule has 1 saturated heterocycles. The number of aromatic nitrogens is 5. The fourth-order valence-corrected chi connectivity index (χ4v) is 4.70. The number of nitrogens with zero attached hydrogens (tertiary/aromatic N) is 5. The largest absolute Gasteiger partial charge is 0.376 e. The van der Waals surface area contributed by atoms with Crippen LogP contribution in [-0.4, -0.2) is 49.0 Å². The number of tetrazole rings is 1. The molecule has 0 saturated carbocycles. The van der Waals surface area contributed by atoms with Gasteiger partial charge >= 0.3 is 0 Å². The van der Waals surface area contributed by atoms with E-state index in [1.165, 1.54) is 11.8 Å². The Morgan fingerprint density at radius 2 is 2.07 bits per heavy atom. The van der Waals surface area contributed by atoms with Gasteiger partial charge in [0, 0.05) is 30.1 Å². The highest BCUT2D eigenvalue weighted by molar-refractivity contribution is 7.99. The predicted octanol–water partition coefficient (Wildman–Crippen LogP) is 3.85. The molecular formula is C22H27N5O2S. The van der Waals surface area contributed by atoms with E-state index >= 15 is 0 Å². The summed E-state index contributed by atoms with van der Waals surface area (Å²) in [6, 6.07) is 8.15. The molecule has 7 nitrogen and oxygen atoms in total. The molecule has 158 valence electrons. The monoisotopic (exact) mass is 425 g/mol. The summed E-state index contributed by atoms with van der Waals surface area (Å²) in [5, 5.41) is 12.7. The Labute approximate surface area is 180 Å². The first-order valence-electron chi connectivity index (χ1n) is 10.2. The van der Waals surface area contributed by atoms with Crippen molar-refractivity contribution < 1.29 is 9.53 Å². The van der Waals surface area contributed by atoms with Crippen LogP contribution in [0.5, 0.6) is 0 Å². The van der Waals surface area contributed by atoms with Gasteiger partial charge in [0.2, 0.25) is 5.16 Å². The summed E-state index contributed by atoms with van der Waals surface area (Å²) in [5.74, 6) is 0.373. The maximum Gasteiger partial charge on any atom is 0.214 e. The number of hydrogen-bond donors (Lipinski definition) is 0. The second-order valence-electron chi connectivity index (χ2n) is 7.91. The van der Waals surface area contributed by atoms with Crippen LogP contribution in [0.1, 0.15) is 45.7 Å². The Morgan fingerprint density at radius 3 is 2.83 bits per heavy atom. The van der Waals surface area contributed by atoms with E-state index in [1.807, 2.05) is 33.8 Å². The molecule has 1 aromatic carbocycles. The fraction of sp³-hybridized carbons (Fsp3) is 0.455. The molecule has 4 rings (SSSR count). The van der Waals surface area contributed by atoms with Crippen molar-refractivity contribution in [1.82, 2.24) is 24.8 Å². The quantitative estimate of drug-likeness (QED) is 0.423. The predicted molar refractivity (Wildman–Crippen MR) is 117 cm³/mol. The number of rotatable bonds is 7. The van der Waals surface area contributed by atoms with Gasteiger partial charge in [-0.3, -0.25) is 4.79 Å². The highest BCUT2D eigenvalue weighted by atomic mass is 32.2. The van der Waals surface area contributed by atoms with Gasteiger partial charge in [0.25, 0.3) is 0 Å². The molecule has 8 heteroatoms. The number of thioether (sulfide) groups is 1. The van der Waals surface area contributed by atoms with Crippen molar-refractivity contribution in [3.8, 4) is 5.69 Å². The van der Waals surface area contributed by atoms with Gasteiger partial charge in [0.1, 0.15) is 0 Å². The smallest absolute Gasteiger partial charge is 0.214 e. The Morgan fingerprint density at radius 1 is 1.23 bits per heavy atom. The standard InChI is InChI=1S/C22H27N5O2S/c1-14-7-8-15(2)20(10-14)27-22(23-24-25-27)30-13-21(28)19-11-16(3)26(17(19)4)12-18-6-5-9-29-18/h7-8,10-11,18H,5-6,9,12-13H2,1-4H3/t18-/m0/s1. The van der Waals surface area contributed by atoms with Crippen molar-refractivity contribution in [1.29, 1.82) is 0 Å². The Bertz CT molecular complexity index is 1070. The molecule has 2 aromatic heterocycles. The van der Waals surface area contributed by atoms with Gasteiger partial charge in [0.05, 0.1) is 17.5 Å². The third kappa shape index (κ3) is 4.20. The molecular weight excluding hydrogens is 398 g/mol. The number of hydrogen-bond acceptors (Lipinski definition) is 6. The molecule has 30 heavy (non-hydrogen) atoms. The van der Waals surface area contributed by atoms with Gasteiger partial charge in [-0.2, -0.15) is 4.68 Å². The molecule has 0 amide bonds. The maximum absolute atomic E-state index is 13.0. The normalized spacial score (nSPS) is 16.3. The van der Waals surface area contributed by atoms with E-state index in [0.717, 1.165) is 59.8 Å². The van der Waals surface area contributed by atoms with E-state index in [2.05, 4.69) is 38.3 Å². The van der Waals surface area contributed by atoms with E-state index in [9.17, 15) is 4.79 Å². The van der Waals surface area contributed by atoms with E-state index in [0.29, 0.717) is 5.16 Å². The maximum atomic E-state index is 13.0. The molecule has 0 bridgehead atoms. The summed E-state index contributed by atoms with van der Waals surface area (Å²) < 4.78 is 9.68. The number of ketones is 1. The van der Waals surface area contributed by atoms with Gasteiger partial charge in [-0.1, -0.05) is 23.9 Å². The number of Topliss-reactive ketones (excluding diaryl/α,β-unsaturated/α-hetero) is 1. The second kappa shape index (κ2) is 8.73. The first-order valence-corrected chi connectivity index (χ1v) is 11.2. The minimum atomic E-state index is 0.0854. The van der Waals surface area contributed by atoms with Crippen LogP contribution in [-0.2, 0) is 11.3 Å². The summed E-state index contributed by atoms with van der Waals surface area (Å²) in [6.07, 6.45) is 2.44. The lowest BCUT2D eigenvalue weighted by Crippen LogP contribution is -2.17. The third-order valence-electron chi connectivity index (χ3n) is 5.65. The van der Waals surface area contributed by atoms with Crippen LogP contribution in [0, 0.1) is 27.7 Å². The molecule has 0 aliphatic carbocycles. The second-order valence-corrected chi connectivity index (χ2v) is 8.85. The van der Waals surface area contributed by atoms with E-state index in [1.54, 1.807) is 4.68 Å². The van der Waals surface area contributed by atoms with Crippen molar-refractivity contribution in [2.75, 3.05) is 12.4 Å². The molecule has 3 heterocycles. The van der Waals surface area contributed by atoms with E-state index < -0.39 is 0 Å². The molecule has 0 radical (unpaired) electrons. The zero-order valence-electron chi connectivity index (χ0n) is 17.9. The molecule has 0 spiro atoms. The molecule has 1 atom stereocenters. The molecule has 1 aliphatic rings. The zero-order chi connectivity index (χ0) is 21.3. The van der Waals surface area contributed by atoms with Gasteiger partial charge in [-0.25, -0.2) is 0 Å². The SMILES string of the molecule is Cc1ccc(C)c(-n2nnnc2SCC(=O)c2cc(C)n(C[C@@H]3CCCO3)c2C)c1. The third-order valence-corrected chi connectivity index (χ3v) is 6.57. The van der Waals surface area contributed by atoms with Crippen molar-refractivity contribution in [3.63, 3.8) is 0 Å². The van der Waals surface area contributed by atoms with Crippen LogP contribution in [0.15, 0.2) is 29.4 Å². The molecule has 0 unspecified atom stereocenters. The van der Waals surface area contributed by atoms with Crippen molar-refractivity contribution >= 4 is 17.5 Å². The van der Waals surface area contributed by atoms with Crippen LogP contribution in [0.25, 0.3) is 5.69 Å². The first-order chi connectivity index (χ1) is 14.4. The van der Waals surface area contributed by atoms with Crippen molar-refractivity contribution in [2.45, 2.75) is 58.3 Å². The van der Waals surface area contributed by atoms with Crippen LogP contribution >= 0.6 is 11.8 Å². The lowest BCUT2D eigenvalue weighted by molar-refractivity contribution is 0.0957. The highest BCUT2D eigenvalue weighted by Crippen LogP contribution is 2.25. The Kier molecular flexibility index (Phi) is 6.06. The molecule has 0 N–H and O–H groups in total. The summed E-state index contributed by atoms with van der Waals surface area (Å²) in [7, 11) is 0. The Balaban J connectivity index is 1.49. The van der Waals surface area contributed by atoms with E-state index in [-0.39, 0.29) is 17.6 Å². The summed E-state index contributed by atoms with van der Waals surface area (Å²) in [6.45, 7) is 9.77. The summed E-state index contributed by atoms with van der Waals surface area (Å²) >= 11 is 1.37. The fourth-order valence-electron chi connectivity index (χ4n) is 3.93. The van der Waals surface area contributed by atoms with Crippen molar-refractivity contribution in [2.24, 2.45) is 0 Å². The lowest BCUT2D eigenvalue weighted by atomic mass is 10.1. The lowest BCUT2D eigenvalue weighted by Gasteiger charge is -2.14. The minimum Gasteiger partial charge on any atom is -0.376 e. The van der Waals surface area contributed by atoms with Gasteiger partial charge in [-0.15, -0.1) is 5.10 Å². The van der Waals surface area contributed by atoms with E-state index in [4.69, 9.17) is 4.74 Å². The number of carbonyl (C=O) groups is 1. The number of carbonyl (C=O) groups excluding carboxylic acids is 1.